The number of thiophene rings is 1. The lowest BCUT2D eigenvalue weighted by Crippen LogP contribution is -2.18. The number of nitrogens with one attached hydrogen (secondary N) is 1. The molecule has 0 atom stereocenters. The molecule has 0 bridgehead atoms. The monoisotopic (exact) mass is 475 g/mol. The summed E-state index contributed by atoms with van der Waals surface area (Å²) in [6, 6.07) is 7.66. The third-order valence-corrected chi connectivity index (χ3v) is 6.54. The van der Waals surface area contributed by atoms with Crippen LogP contribution in [-0.4, -0.2) is 39.1 Å². The number of nitrogen functional groups attached to an aromatic ring is 1. The van der Waals surface area contributed by atoms with Crippen molar-refractivity contribution in [1.29, 1.82) is 0 Å². The molecule has 3 rings (SSSR count). The number of nitrogens with two attached hydrogens (primary N) is 1. The lowest BCUT2D eigenvalue weighted by Gasteiger charge is -2.11. The SMILES string of the molecule is CCOC(=O)c1sc(NC(=O)CSc2nnc(COc3c(C)cccc3C)n2N)cc1C. The van der Waals surface area contributed by atoms with E-state index in [1.807, 2.05) is 32.0 Å². The summed E-state index contributed by atoms with van der Waals surface area (Å²) in [5.74, 6) is 6.76. The number of benzene rings is 1. The molecule has 0 fully saturated rings. The number of amides is 1. The summed E-state index contributed by atoms with van der Waals surface area (Å²) in [6.45, 7) is 7.95. The topological polar surface area (TPSA) is 121 Å². The molecule has 0 aliphatic rings. The van der Waals surface area contributed by atoms with Gasteiger partial charge in [0.05, 0.1) is 17.4 Å². The van der Waals surface area contributed by atoms with Crippen molar-refractivity contribution < 1.29 is 19.1 Å². The summed E-state index contributed by atoms with van der Waals surface area (Å²) in [5, 5.41) is 11.9. The Bertz CT molecular complexity index is 1110. The molecule has 0 unspecified atom stereocenters. The normalized spacial score (nSPS) is 10.8. The Morgan fingerprint density at radius 3 is 2.59 bits per heavy atom. The van der Waals surface area contributed by atoms with Crippen molar-refractivity contribution in [3.63, 3.8) is 0 Å². The average molecular weight is 476 g/mol. The lowest BCUT2D eigenvalue weighted by molar-refractivity contribution is -0.113. The van der Waals surface area contributed by atoms with E-state index >= 15 is 0 Å². The number of esters is 1. The quantitative estimate of drug-likeness (QED) is 0.274. The molecule has 1 aromatic carbocycles. The number of ether oxygens (including phenoxy) is 2. The highest BCUT2D eigenvalue weighted by atomic mass is 32.2. The molecule has 0 saturated carbocycles. The first-order valence-corrected chi connectivity index (χ1v) is 11.7. The van der Waals surface area contributed by atoms with Crippen molar-refractivity contribution in [2.24, 2.45) is 0 Å². The average Bonchev–Trinajstić information content (AvgIpc) is 3.28. The summed E-state index contributed by atoms with van der Waals surface area (Å²) in [7, 11) is 0. The van der Waals surface area contributed by atoms with Gasteiger partial charge in [0.15, 0.2) is 5.82 Å². The van der Waals surface area contributed by atoms with Crippen LogP contribution in [0.2, 0.25) is 0 Å². The second kappa shape index (κ2) is 10.5. The standard InChI is InChI=1S/C21H25N5O4S2/c1-5-29-20(28)19-14(4)9-17(32-19)23-16(27)11-31-21-25-24-15(26(21)22)10-30-18-12(2)7-6-8-13(18)3/h6-9H,5,10-11,22H2,1-4H3,(H,23,27). The predicted octanol–water partition coefficient (Wildman–Crippen LogP) is 3.47. The Balaban J connectivity index is 1.55. The van der Waals surface area contributed by atoms with Crippen LogP contribution < -0.4 is 15.9 Å². The number of para-hydroxylation sites is 1. The number of hydrogen-bond donors (Lipinski definition) is 2. The van der Waals surface area contributed by atoms with Crippen LogP contribution in [0.1, 0.15) is 39.1 Å². The molecule has 0 spiro atoms. The molecular weight excluding hydrogens is 450 g/mol. The van der Waals surface area contributed by atoms with Crippen LogP contribution in [-0.2, 0) is 16.1 Å². The molecule has 0 aliphatic heterocycles. The van der Waals surface area contributed by atoms with E-state index in [-0.39, 0.29) is 18.3 Å². The fraction of sp³-hybridized carbons (Fsp3) is 0.333. The lowest BCUT2D eigenvalue weighted by atomic mass is 10.1. The van der Waals surface area contributed by atoms with Gasteiger partial charge in [-0.05, 0) is 50.5 Å². The van der Waals surface area contributed by atoms with E-state index in [0.29, 0.717) is 27.5 Å². The van der Waals surface area contributed by atoms with Gasteiger partial charge in [0.2, 0.25) is 11.1 Å². The van der Waals surface area contributed by atoms with E-state index in [9.17, 15) is 9.59 Å². The molecule has 3 aromatic rings. The summed E-state index contributed by atoms with van der Waals surface area (Å²) < 4.78 is 12.2. The Labute approximate surface area is 194 Å². The van der Waals surface area contributed by atoms with Gasteiger partial charge in [-0.1, -0.05) is 30.0 Å². The minimum absolute atomic E-state index is 0.0821. The van der Waals surface area contributed by atoms with Gasteiger partial charge in [0, 0.05) is 0 Å². The van der Waals surface area contributed by atoms with Gasteiger partial charge in [-0.2, -0.15) is 0 Å². The zero-order chi connectivity index (χ0) is 23.3. The van der Waals surface area contributed by atoms with Gasteiger partial charge in [0.25, 0.3) is 0 Å². The summed E-state index contributed by atoms with van der Waals surface area (Å²) in [4.78, 5) is 24.7. The van der Waals surface area contributed by atoms with E-state index < -0.39 is 5.97 Å². The molecule has 32 heavy (non-hydrogen) atoms. The maximum absolute atomic E-state index is 12.3. The molecule has 0 saturated heterocycles. The Kier molecular flexibility index (Phi) is 7.75. The van der Waals surface area contributed by atoms with Crippen LogP contribution in [0, 0.1) is 20.8 Å². The molecule has 170 valence electrons. The van der Waals surface area contributed by atoms with Crippen molar-refractivity contribution in [3.8, 4) is 5.75 Å². The summed E-state index contributed by atoms with van der Waals surface area (Å²) >= 11 is 2.34. The Morgan fingerprint density at radius 2 is 1.91 bits per heavy atom. The molecule has 0 aliphatic carbocycles. The fourth-order valence-electron chi connectivity index (χ4n) is 2.91. The van der Waals surface area contributed by atoms with Gasteiger partial charge in [-0.3, -0.25) is 4.79 Å². The number of carbonyl (C=O) groups is 2. The molecule has 11 heteroatoms. The third-order valence-electron chi connectivity index (χ3n) is 4.46. The predicted molar refractivity (Wildman–Crippen MR) is 125 cm³/mol. The number of rotatable bonds is 9. The van der Waals surface area contributed by atoms with E-state index in [1.54, 1.807) is 19.9 Å². The summed E-state index contributed by atoms with van der Waals surface area (Å²) in [6.07, 6.45) is 0. The van der Waals surface area contributed by atoms with Gasteiger partial charge in [-0.15, -0.1) is 21.5 Å². The van der Waals surface area contributed by atoms with Crippen molar-refractivity contribution in [3.05, 3.63) is 51.7 Å². The Morgan fingerprint density at radius 1 is 1.19 bits per heavy atom. The Hall–Kier alpha value is -3.05. The van der Waals surface area contributed by atoms with Crippen LogP contribution in [0.5, 0.6) is 5.75 Å². The van der Waals surface area contributed by atoms with Crippen molar-refractivity contribution in [1.82, 2.24) is 14.9 Å². The van der Waals surface area contributed by atoms with E-state index in [2.05, 4.69) is 15.5 Å². The van der Waals surface area contributed by atoms with Gasteiger partial charge >= 0.3 is 5.97 Å². The number of carbonyl (C=O) groups excluding carboxylic acids is 2. The second-order valence-electron chi connectivity index (χ2n) is 6.96. The van der Waals surface area contributed by atoms with E-state index in [4.69, 9.17) is 15.3 Å². The second-order valence-corrected chi connectivity index (χ2v) is 8.95. The van der Waals surface area contributed by atoms with Crippen molar-refractivity contribution >= 4 is 40.0 Å². The number of thioether (sulfide) groups is 1. The number of aromatic nitrogens is 3. The largest absolute Gasteiger partial charge is 0.485 e. The van der Waals surface area contributed by atoms with Crippen molar-refractivity contribution in [2.45, 2.75) is 39.5 Å². The third kappa shape index (κ3) is 5.60. The molecular formula is C21H25N5O4S2. The fourth-order valence-corrected chi connectivity index (χ4v) is 4.57. The van der Waals surface area contributed by atoms with Gasteiger partial charge in [0.1, 0.15) is 17.2 Å². The number of hydrogen-bond acceptors (Lipinski definition) is 9. The van der Waals surface area contributed by atoms with E-state index in [1.165, 1.54) is 16.0 Å². The van der Waals surface area contributed by atoms with Crippen LogP contribution in [0.3, 0.4) is 0 Å². The first-order chi connectivity index (χ1) is 15.3. The van der Waals surface area contributed by atoms with Gasteiger partial charge in [-0.25, -0.2) is 9.47 Å². The molecule has 0 radical (unpaired) electrons. The zero-order valence-electron chi connectivity index (χ0n) is 18.3. The zero-order valence-corrected chi connectivity index (χ0v) is 19.9. The van der Waals surface area contributed by atoms with Crippen LogP contribution in [0.25, 0.3) is 0 Å². The molecule has 2 heterocycles. The van der Waals surface area contributed by atoms with Crippen LogP contribution in [0.15, 0.2) is 29.4 Å². The highest BCUT2D eigenvalue weighted by Crippen LogP contribution is 2.28. The highest BCUT2D eigenvalue weighted by Gasteiger charge is 2.17. The smallest absolute Gasteiger partial charge is 0.348 e. The number of nitrogens with zero attached hydrogens (tertiary/aromatic N) is 3. The van der Waals surface area contributed by atoms with Crippen LogP contribution in [0.4, 0.5) is 5.00 Å². The first-order valence-electron chi connectivity index (χ1n) is 9.88. The van der Waals surface area contributed by atoms with Crippen LogP contribution >= 0.6 is 23.1 Å². The molecule has 3 N–H and O–H groups in total. The minimum atomic E-state index is -0.392. The molecule has 2 aromatic heterocycles. The molecule has 9 nitrogen and oxygen atoms in total. The maximum Gasteiger partial charge on any atom is 0.348 e. The van der Waals surface area contributed by atoms with E-state index in [0.717, 1.165) is 34.2 Å². The maximum atomic E-state index is 12.3. The highest BCUT2D eigenvalue weighted by molar-refractivity contribution is 7.99. The molecule has 1 amide bonds. The first kappa shape index (κ1) is 23.6. The number of anilines is 1. The number of aryl methyl sites for hydroxylation is 3. The van der Waals surface area contributed by atoms with Gasteiger partial charge < -0.3 is 20.6 Å². The minimum Gasteiger partial charge on any atom is -0.485 e. The summed E-state index contributed by atoms with van der Waals surface area (Å²) in [5.41, 5.74) is 2.80. The van der Waals surface area contributed by atoms with Crippen molar-refractivity contribution in [2.75, 3.05) is 23.5 Å².